The molecule has 9 heteroatoms. The fourth-order valence-electron chi connectivity index (χ4n) is 2.44. The second-order valence-corrected chi connectivity index (χ2v) is 7.73. The molecule has 0 spiro atoms. The van der Waals surface area contributed by atoms with Crippen LogP contribution in [0.1, 0.15) is 18.3 Å². The first-order valence-electron chi connectivity index (χ1n) is 8.20. The SMILES string of the molecule is CCNc1nnc(SCC(=O)Nc2c(C)nn(-c3ccccc3)c2C)s1. The molecule has 1 amide bonds. The number of anilines is 2. The molecular formula is C17H20N6OS2. The van der Waals surface area contributed by atoms with Gasteiger partial charge in [0.15, 0.2) is 4.34 Å². The van der Waals surface area contributed by atoms with Gasteiger partial charge in [-0.2, -0.15) is 5.10 Å². The number of thioether (sulfide) groups is 1. The van der Waals surface area contributed by atoms with Gasteiger partial charge in [0.25, 0.3) is 0 Å². The molecule has 1 aromatic carbocycles. The number of hydrogen-bond acceptors (Lipinski definition) is 7. The number of amides is 1. The molecular weight excluding hydrogens is 368 g/mol. The molecule has 0 radical (unpaired) electrons. The Hall–Kier alpha value is -2.39. The Balaban J connectivity index is 1.65. The normalized spacial score (nSPS) is 10.7. The number of nitrogens with zero attached hydrogens (tertiary/aromatic N) is 4. The molecule has 0 saturated heterocycles. The van der Waals surface area contributed by atoms with Gasteiger partial charge in [-0.1, -0.05) is 41.3 Å². The molecule has 2 N–H and O–H groups in total. The van der Waals surface area contributed by atoms with Crippen LogP contribution >= 0.6 is 23.1 Å². The molecule has 0 fully saturated rings. The van der Waals surface area contributed by atoms with Crippen molar-refractivity contribution in [2.75, 3.05) is 22.9 Å². The number of nitrogens with one attached hydrogen (secondary N) is 2. The highest BCUT2D eigenvalue weighted by Crippen LogP contribution is 2.26. The first kappa shape index (κ1) is 18.4. The standard InChI is InChI=1S/C17H20N6OS2/c1-4-18-16-20-21-17(26-16)25-10-14(24)19-15-11(2)22-23(12(15)3)13-8-6-5-7-9-13/h5-9H,4,10H2,1-3H3,(H,18,20)(H,19,24). The van der Waals surface area contributed by atoms with Gasteiger partial charge in [-0.3, -0.25) is 4.79 Å². The van der Waals surface area contributed by atoms with Gasteiger partial charge in [-0.15, -0.1) is 10.2 Å². The van der Waals surface area contributed by atoms with E-state index >= 15 is 0 Å². The molecule has 0 unspecified atom stereocenters. The quantitative estimate of drug-likeness (QED) is 0.603. The van der Waals surface area contributed by atoms with E-state index in [1.54, 1.807) is 0 Å². The van der Waals surface area contributed by atoms with E-state index in [4.69, 9.17) is 0 Å². The van der Waals surface area contributed by atoms with Crippen molar-refractivity contribution in [3.8, 4) is 5.69 Å². The van der Waals surface area contributed by atoms with E-state index in [1.807, 2.05) is 55.8 Å². The van der Waals surface area contributed by atoms with Crippen molar-refractivity contribution in [1.29, 1.82) is 0 Å². The molecule has 0 aliphatic heterocycles. The van der Waals surface area contributed by atoms with E-state index < -0.39 is 0 Å². The molecule has 0 atom stereocenters. The largest absolute Gasteiger partial charge is 0.360 e. The zero-order valence-electron chi connectivity index (χ0n) is 14.8. The first-order valence-corrected chi connectivity index (χ1v) is 10.0. The summed E-state index contributed by atoms with van der Waals surface area (Å²) in [6, 6.07) is 9.86. The molecule has 3 aromatic rings. The van der Waals surface area contributed by atoms with Gasteiger partial charge in [-0.05, 0) is 32.9 Å². The van der Waals surface area contributed by atoms with Crippen LogP contribution in [0, 0.1) is 13.8 Å². The zero-order chi connectivity index (χ0) is 18.5. The molecule has 0 aliphatic rings. The summed E-state index contributed by atoms with van der Waals surface area (Å²) in [7, 11) is 0. The Kier molecular flexibility index (Phi) is 5.89. The van der Waals surface area contributed by atoms with Crippen LogP contribution in [0.5, 0.6) is 0 Å². The molecule has 2 heterocycles. The van der Waals surface area contributed by atoms with Crippen LogP contribution in [0.15, 0.2) is 34.7 Å². The van der Waals surface area contributed by atoms with Gasteiger partial charge in [0, 0.05) is 6.54 Å². The molecule has 2 aromatic heterocycles. The minimum Gasteiger partial charge on any atom is -0.360 e. The number of carbonyl (C=O) groups excluding carboxylic acids is 1. The van der Waals surface area contributed by atoms with Gasteiger partial charge in [0.2, 0.25) is 11.0 Å². The van der Waals surface area contributed by atoms with Crippen LogP contribution in [-0.4, -0.2) is 38.2 Å². The lowest BCUT2D eigenvalue weighted by Gasteiger charge is -2.06. The third-order valence-corrected chi connectivity index (χ3v) is 5.63. The number of para-hydroxylation sites is 1. The van der Waals surface area contributed by atoms with Gasteiger partial charge >= 0.3 is 0 Å². The monoisotopic (exact) mass is 388 g/mol. The van der Waals surface area contributed by atoms with Crippen LogP contribution in [-0.2, 0) is 4.79 Å². The lowest BCUT2D eigenvalue weighted by atomic mass is 10.3. The lowest BCUT2D eigenvalue weighted by Crippen LogP contribution is -2.15. The van der Waals surface area contributed by atoms with Crippen molar-refractivity contribution >= 4 is 39.8 Å². The highest BCUT2D eigenvalue weighted by molar-refractivity contribution is 8.01. The van der Waals surface area contributed by atoms with Crippen LogP contribution in [0.2, 0.25) is 0 Å². The van der Waals surface area contributed by atoms with Crippen LogP contribution in [0.25, 0.3) is 5.69 Å². The summed E-state index contributed by atoms with van der Waals surface area (Å²) in [5.74, 6) is 0.185. The van der Waals surface area contributed by atoms with Gasteiger partial charge < -0.3 is 10.6 Å². The summed E-state index contributed by atoms with van der Waals surface area (Å²) in [6.07, 6.45) is 0. The Labute approximate surface area is 160 Å². The van der Waals surface area contributed by atoms with E-state index in [-0.39, 0.29) is 11.7 Å². The van der Waals surface area contributed by atoms with Gasteiger partial charge in [-0.25, -0.2) is 4.68 Å². The third-order valence-electron chi connectivity index (χ3n) is 3.62. The molecule has 26 heavy (non-hydrogen) atoms. The highest BCUT2D eigenvalue weighted by Gasteiger charge is 2.16. The topological polar surface area (TPSA) is 84.7 Å². The van der Waals surface area contributed by atoms with Crippen LogP contribution in [0.4, 0.5) is 10.8 Å². The maximum Gasteiger partial charge on any atom is 0.234 e. The predicted octanol–water partition coefficient (Wildman–Crippen LogP) is 3.50. The highest BCUT2D eigenvalue weighted by atomic mass is 32.2. The maximum absolute atomic E-state index is 12.3. The molecule has 136 valence electrons. The fraction of sp³-hybridized carbons (Fsp3) is 0.294. The van der Waals surface area contributed by atoms with E-state index in [9.17, 15) is 4.79 Å². The summed E-state index contributed by atoms with van der Waals surface area (Å²) in [6.45, 7) is 6.64. The lowest BCUT2D eigenvalue weighted by molar-refractivity contribution is -0.113. The van der Waals surface area contributed by atoms with Crippen molar-refractivity contribution in [3.63, 3.8) is 0 Å². The summed E-state index contributed by atoms with van der Waals surface area (Å²) < 4.78 is 2.61. The van der Waals surface area contributed by atoms with Gasteiger partial charge in [0.05, 0.1) is 28.5 Å². The Morgan fingerprint density at radius 3 is 2.73 bits per heavy atom. The molecule has 3 rings (SSSR count). The smallest absolute Gasteiger partial charge is 0.234 e. The van der Waals surface area contributed by atoms with Crippen molar-refractivity contribution < 1.29 is 4.79 Å². The number of aryl methyl sites for hydroxylation is 1. The molecule has 0 aliphatic carbocycles. The zero-order valence-corrected chi connectivity index (χ0v) is 16.4. The number of benzene rings is 1. The number of hydrogen-bond donors (Lipinski definition) is 2. The summed E-state index contributed by atoms with van der Waals surface area (Å²) in [5.41, 5.74) is 3.41. The summed E-state index contributed by atoms with van der Waals surface area (Å²) in [4.78, 5) is 12.3. The van der Waals surface area contributed by atoms with E-state index in [1.165, 1.54) is 23.1 Å². The summed E-state index contributed by atoms with van der Waals surface area (Å²) in [5, 5.41) is 19.5. The summed E-state index contributed by atoms with van der Waals surface area (Å²) >= 11 is 2.82. The minimum atomic E-state index is -0.0889. The van der Waals surface area contributed by atoms with E-state index in [0.29, 0.717) is 0 Å². The fourth-order valence-corrected chi connectivity index (χ4v) is 4.06. The minimum absolute atomic E-state index is 0.0889. The molecule has 0 saturated carbocycles. The molecule has 0 bridgehead atoms. The van der Waals surface area contributed by atoms with Crippen molar-refractivity contribution in [2.45, 2.75) is 25.1 Å². The second-order valence-electron chi connectivity index (χ2n) is 5.53. The average molecular weight is 389 g/mol. The molecule has 7 nitrogen and oxygen atoms in total. The van der Waals surface area contributed by atoms with Crippen molar-refractivity contribution in [1.82, 2.24) is 20.0 Å². The van der Waals surface area contributed by atoms with E-state index in [0.717, 1.165) is 38.8 Å². The Morgan fingerprint density at radius 1 is 1.23 bits per heavy atom. The van der Waals surface area contributed by atoms with Crippen LogP contribution < -0.4 is 10.6 Å². The first-order chi connectivity index (χ1) is 12.6. The second kappa shape index (κ2) is 8.33. The number of aromatic nitrogens is 4. The van der Waals surface area contributed by atoms with E-state index in [2.05, 4.69) is 25.9 Å². The predicted molar refractivity (Wildman–Crippen MR) is 106 cm³/mol. The average Bonchev–Trinajstić information content (AvgIpc) is 3.20. The third kappa shape index (κ3) is 4.23. The van der Waals surface area contributed by atoms with Crippen LogP contribution in [0.3, 0.4) is 0 Å². The van der Waals surface area contributed by atoms with Crippen molar-refractivity contribution in [3.05, 3.63) is 41.7 Å². The van der Waals surface area contributed by atoms with Crippen molar-refractivity contribution in [2.24, 2.45) is 0 Å². The number of carbonyl (C=O) groups is 1. The number of rotatable bonds is 7. The maximum atomic E-state index is 12.3. The van der Waals surface area contributed by atoms with Gasteiger partial charge in [0.1, 0.15) is 0 Å². The Bertz CT molecular complexity index is 890. The Morgan fingerprint density at radius 2 is 2.00 bits per heavy atom.